The SMILES string of the molecule is C=C(C)/C=C\C(=C)C(F)(F)F.CC.CC. The number of halogens is 3. The maximum absolute atomic E-state index is 11.7. The van der Waals surface area contributed by atoms with Crippen LogP contribution in [-0.4, -0.2) is 6.18 Å². The summed E-state index contributed by atoms with van der Waals surface area (Å²) in [6.07, 6.45) is -2.15. The monoisotopic (exact) mass is 222 g/mol. The minimum absolute atomic E-state index is 0.565. The first-order chi connectivity index (χ1) is 6.84. The molecule has 3 heteroatoms. The molecule has 0 radical (unpaired) electrons. The molecule has 0 bridgehead atoms. The van der Waals surface area contributed by atoms with E-state index < -0.39 is 11.7 Å². The van der Waals surface area contributed by atoms with Crippen LogP contribution in [0, 0.1) is 0 Å². The van der Waals surface area contributed by atoms with E-state index in [-0.39, 0.29) is 0 Å². The summed E-state index contributed by atoms with van der Waals surface area (Å²) < 4.78 is 35.2. The fourth-order valence-electron chi connectivity index (χ4n) is 0.337. The summed E-state index contributed by atoms with van der Waals surface area (Å²) in [5, 5.41) is 0. The highest BCUT2D eigenvalue weighted by Crippen LogP contribution is 2.24. The minimum Gasteiger partial charge on any atom is -0.166 e. The maximum Gasteiger partial charge on any atom is 0.415 e. The number of hydrogen-bond donors (Lipinski definition) is 0. The highest BCUT2D eigenvalue weighted by molar-refractivity contribution is 5.25. The molecule has 0 aromatic heterocycles. The fourth-order valence-corrected chi connectivity index (χ4v) is 0.337. The molecule has 0 atom stereocenters. The van der Waals surface area contributed by atoms with Crippen molar-refractivity contribution in [3.63, 3.8) is 0 Å². The second kappa shape index (κ2) is 11.1. The summed E-state index contributed by atoms with van der Waals surface area (Å²) in [5.41, 5.74) is -0.295. The van der Waals surface area contributed by atoms with Crippen LogP contribution >= 0.6 is 0 Å². The first kappa shape index (κ1) is 19.6. The molecular weight excluding hydrogens is 201 g/mol. The summed E-state index contributed by atoms with van der Waals surface area (Å²) in [7, 11) is 0. The van der Waals surface area contributed by atoms with Gasteiger partial charge in [-0.3, -0.25) is 0 Å². The molecule has 0 rings (SSSR count). The van der Waals surface area contributed by atoms with Gasteiger partial charge in [0.15, 0.2) is 0 Å². The largest absolute Gasteiger partial charge is 0.415 e. The summed E-state index contributed by atoms with van der Waals surface area (Å²) in [5.74, 6) is 0. The van der Waals surface area contributed by atoms with Crippen molar-refractivity contribution in [2.45, 2.75) is 40.8 Å². The average molecular weight is 222 g/mol. The van der Waals surface area contributed by atoms with E-state index in [9.17, 15) is 13.2 Å². The van der Waals surface area contributed by atoms with Crippen molar-refractivity contribution < 1.29 is 13.2 Å². The molecule has 0 aromatic carbocycles. The van der Waals surface area contributed by atoms with Crippen molar-refractivity contribution in [1.82, 2.24) is 0 Å². The van der Waals surface area contributed by atoms with Crippen LogP contribution in [0.5, 0.6) is 0 Å². The molecular formula is C12H21F3. The molecule has 0 aliphatic rings. The summed E-state index contributed by atoms with van der Waals surface area (Å²) in [6.45, 7) is 15.9. The Morgan fingerprint density at radius 1 is 0.933 bits per heavy atom. The Morgan fingerprint density at radius 2 is 1.27 bits per heavy atom. The van der Waals surface area contributed by atoms with Gasteiger partial charge in [0.1, 0.15) is 0 Å². The number of allylic oxidation sites excluding steroid dienone is 4. The van der Waals surface area contributed by atoms with Crippen LogP contribution in [0.1, 0.15) is 34.6 Å². The van der Waals surface area contributed by atoms with Crippen LogP contribution in [0.3, 0.4) is 0 Å². The summed E-state index contributed by atoms with van der Waals surface area (Å²) in [4.78, 5) is 0. The Balaban J connectivity index is -0.000000318. The molecule has 0 spiro atoms. The molecule has 90 valence electrons. The van der Waals surface area contributed by atoms with E-state index in [2.05, 4.69) is 13.2 Å². The molecule has 0 N–H and O–H groups in total. The van der Waals surface area contributed by atoms with Gasteiger partial charge in [0.05, 0.1) is 0 Å². The molecule has 0 saturated heterocycles. The lowest BCUT2D eigenvalue weighted by molar-refractivity contribution is -0.0878. The van der Waals surface area contributed by atoms with Crippen molar-refractivity contribution in [3.05, 3.63) is 36.5 Å². The van der Waals surface area contributed by atoms with Crippen LogP contribution in [0.25, 0.3) is 0 Å². The van der Waals surface area contributed by atoms with E-state index in [1.54, 1.807) is 6.92 Å². The Labute approximate surface area is 91.2 Å². The van der Waals surface area contributed by atoms with Crippen molar-refractivity contribution in [2.75, 3.05) is 0 Å². The van der Waals surface area contributed by atoms with Gasteiger partial charge in [0.25, 0.3) is 0 Å². The van der Waals surface area contributed by atoms with E-state index in [4.69, 9.17) is 0 Å². The van der Waals surface area contributed by atoms with E-state index >= 15 is 0 Å². The highest BCUT2D eigenvalue weighted by Gasteiger charge is 2.29. The van der Waals surface area contributed by atoms with Crippen LogP contribution in [-0.2, 0) is 0 Å². The molecule has 0 amide bonds. The third-order valence-electron chi connectivity index (χ3n) is 0.933. The van der Waals surface area contributed by atoms with Gasteiger partial charge < -0.3 is 0 Å². The Kier molecular flexibility index (Phi) is 14.5. The average Bonchev–Trinajstić information content (AvgIpc) is 2.19. The van der Waals surface area contributed by atoms with Crippen LogP contribution in [0.2, 0.25) is 0 Å². The zero-order valence-electron chi connectivity index (χ0n) is 10.2. The Morgan fingerprint density at radius 3 is 1.47 bits per heavy atom. The molecule has 0 aliphatic heterocycles. The van der Waals surface area contributed by atoms with Gasteiger partial charge in [0.2, 0.25) is 0 Å². The number of alkyl halides is 3. The third-order valence-corrected chi connectivity index (χ3v) is 0.933. The molecule has 15 heavy (non-hydrogen) atoms. The van der Waals surface area contributed by atoms with Crippen LogP contribution < -0.4 is 0 Å². The van der Waals surface area contributed by atoms with Gasteiger partial charge in [0, 0.05) is 5.57 Å². The molecule has 0 aromatic rings. The highest BCUT2D eigenvalue weighted by atomic mass is 19.4. The third kappa shape index (κ3) is 15.7. The molecule has 0 saturated carbocycles. The van der Waals surface area contributed by atoms with Crippen molar-refractivity contribution in [2.24, 2.45) is 0 Å². The van der Waals surface area contributed by atoms with Gasteiger partial charge in [-0.2, -0.15) is 13.2 Å². The Bertz CT molecular complexity index is 197. The predicted octanol–water partition coefficient (Wildman–Crippen LogP) is 5.29. The predicted molar refractivity (Wildman–Crippen MR) is 61.8 cm³/mol. The fraction of sp³-hybridized carbons (Fsp3) is 0.500. The number of rotatable bonds is 2. The van der Waals surface area contributed by atoms with Gasteiger partial charge in [-0.25, -0.2) is 0 Å². The zero-order valence-corrected chi connectivity index (χ0v) is 10.2. The van der Waals surface area contributed by atoms with E-state index in [0.717, 1.165) is 6.08 Å². The molecule has 0 fully saturated rings. The van der Waals surface area contributed by atoms with Crippen LogP contribution in [0.4, 0.5) is 13.2 Å². The van der Waals surface area contributed by atoms with Crippen molar-refractivity contribution in [1.29, 1.82) is 0 Å². The Hall–Kier alpha value is -0.990. The first-order valence-electron chi connectivity index (χ1n) is 4.93. The van der Waals surface area contributed by atoms with Crippen molar-refractivity contribution in [3.8, 4) is 0 Å². The number of hydrogen-bond acceptors (Lipinski definition) is 0. The van der Waals surface area contributed by atoms with Crippen LogP contribution in [0.15, 0.2) is 36.5 Å². The van der Waals surface area contributed by atoms with Gasteiger partial charge >= 0.3 is 6.18 Å². The topological polar surface area (TPSA) is 0 Å². The standard InChI is InChI=1S/C8H9F3.2C2H6/c1-6(2)4-5-7(3)8(9,10)11;2*1-2/h4-5H,1,3H2,2H3;2*1-2H3/b5-4-;;. The molecule has 0 heterocycles. The second-order valence-corrected chi connectivity index (χ2v) is 2.20. The molecule has 0 unspecified atom stereocenters. The van der Waals surface area contributed by atoms with Gasteiger partial charge in [-0.1, -0.05) is 58.6 Å². The summed E-state index contributed by atoms with van der Waals surface area (Å²) >= 11 is 0. The zero-order chi connectivity index (χ0) is 13.1. The van der Waals surface area contributed by atoms with E-state index in [1.165, 1.54) is 6.08 Å². The van der Waals surface area contributed by atoms with E-state index in [1.807, 2.05) is 27.7 Å². The molecule has 0 nitrogen and oxygen atoms in total. The summed E-state index contributed by atoms with van der Waals surface area (Å²) in [6, 6.07) is 0. The smallest absolute Gasteiger partial charge is 0.166 e. The first-order valence-corrected chi connectivity index (χ1v) is 4.93. The maximum atomic E-state index is 11.7. The van der Waals surface area contributed by atoms with Gasteiger partial charge in [-0.05, 0) is 6.92 Å². The lowest BCUT2D eigenvalue weighted by Gasteiger charge is -2.03. The minimum atomic E-state index is -4.33. The second-order valence-electron chi connectivity index (χ2n) is 2.20. The van der Waals surface area contributed by atoms with Crippen molar-refractivity contribution >= 4 is 0 Å². The quantitative estimate of drug-likeness (QED) is 0.557. The van der Waals surface area contributed by atoms with Gasteiger partial charge in [-0.15, -0.1) is 0 Å². The van der Waals surface area contributed by atoms with E-state index in [0.29, 0.717) is 5.57 Å². The lowest BCUT2D eigenvalue weighted by Crippen LogP contribution is -2.08. The lowest BCUT2D eigenvalue weighted by atomic mass is 10.2. The molecule has 0 aliphatic carbocycles. The normalized spacial score (nSPS) is 9.60.